The first-order chi connectivity index (χ1) is 12.1. The number of methoxy groups -OCH3 is 1. The molecule has 6 heteroatoms. The van der Waals surface area contributed by atoms with Gasteiger partial charge in [-0.25, -0.2) is 4.90 Å². The summed E-state index contributed by atoms with van der Waals surface area (Å²) < 4.78 is 6.04. The van der Waals surface area contributed by atoms with E-state index < -0.39 is 6.04 Å². The zero-order chi connectivity index (χ0) is 17.8. The quantitative estimate of drug-likeness (QED) is 0.754. The third kappa shape index (κ3) is 4.08. The SMILES string of the molecule is COc1ccc(CCN[C@@H]2CC(=O)N(c3ccc(Br)cc3)C2=O)cc1. The van der Waals surface area contributed by atoms with Crippen molar-refractivity contribution < 1.29 is 14.3 Å². The van der Waals surface area contributed by atoms with Crippen molar-refractivity contribution in [2.75, 3.05) is 18.6 Å². The van der Waals surface area contributed by atoms with Crippen LogP contribution in [0.4, 0.5) is 5.69 Å². The van der Waals surface area contributed by atoms with Crippen molar-refractivity contribution in [3.8, 4) is 5.75 Å². The Morgan fingerprint density at radius 2 is 1.80 bits per heavy atom. The average molecular weight is 403 g/mol. The normalized spacial score (nSPS) is 17.2. The van der Waals surface area contributed by atoms with E-state index in [9.17, 15) is 9.59 Å². The number of ether oxygens (including phenoxy) is 1. The lowest BCUT2D eigenvalue weighted by atomic mass is 10.1. The van der Waals surface area contributed by atoms with Gasteiger partial charge in [0.1, 0.15) is 5.75 Å². The van der Waals surface area contributed by atoms with Crippen LogP contribution in [-0.2, 0) is 16.0 Å². The van der Waals surface area contributed by atoms with Crippen LogP contribution >= 0.6 is 15.9 Å². The first-order valence-electron chi connectivity index (χ1n) is 8.07. The van der Waals surface area contributed by atoms with Gasteiger partial charge in [-0.15, -0.1) is 0 Å². The van der Waals surface area contributed by atoms with Gasteiger partial charge >= 0.3 is 0 Å². The van der Waals surface area contributed by atoms with E-state index in [4.69, 9.17) is 4.74 Å². The second kappa shape index (κ2) is 7.80. The molecule has 2 amide bonds. The summed E-state index contributed by atoms with van der Waals surface area (Å²) in [5, 5.41) is 3.20. The van der Waals surface area contributed by atoms with Crippen LogP contribution in [0.5, 0.6) is 5.75 Å². The highest BCUT2D eigenvalue weighted by molar-refractivity contribution is 9.10. The standard InChI is InChI=1S/C19H19BrN2O3/c1-25-16-8-2-13(3-9-16)10-11-21-17-12-18(23)22(19(17)24)15-6-4-14(20)5-7-15/h2-9,17,21H,10-12H2,1H3/t17-/m1/s1. The molecule has 25 heavy (non-hydrogen) atoms. The molecule has 3 rings (SSSR count). The van der Waals surface area contributed by atoms with E-state index in [0.717, 1.165) is 22.2 Å². The van der Waals surface area contributed by atoms with Crippen molar-refractivity contribution in [2.45, 2.75) is 18.9 Å². The van der Waals surface area contributed by atoms with E-state index in [1.54, 1.807) is 19.2 Å². The number of hydrogen-bond donors (Lipinski definition) is 1. The lowest BCUT2D eigenvalue weighted by Crippen LogP contribution is -2.39. The minimum Gasteiger partial charge on any atom is -0.497 e. The zero-order valence-corrected chi connectivity index (χ0v) is 15.5. The Kier molecular flexibility index (Phi) is 5.50. The highest BCUT2D eigenvalue weighted by Crippen LogP contribution is 2.24. The van der Waals surface area contributed by atoms with Crippen LogP contribution in [0.25, 0.3) is 0 Å². The number of hydrogen-bond acceptors (Lipinski definition) is 4. The third-order valence-corrected chi connectivity index (χ3v) is 4.72. The van der Waals surface area contributed by atoms with Crippen LogP contribution in [0.15, 0.2) is 53.0 Å². The fraction of sp³-hybridized carbons (Fsp3) is 0.263. The van der Waals surface area contributed by atoms with Gasteiger partial charge in [-0.05, 0) is 54.9 Å². The number of carbonyl (C=O) groups excluding carboxylic acids is 2. The monoisotopic (exact) mass is 402 g/mol. The number of benzene rings is 2. The van der Waals surface area contributed by atoms with Crippen LogP contribution in [0.2, 0.25) is 0 Å². The van der Waals surface area contributed by atoms with Gasteiger partial charge in [-0.3, -0.25) is 9.59 Å². The Morgan fingerprint density at radius 3 is 2.44 bits per heavy atom. The molecule has 0 spiro atoms. The largest absolute Gasteiger partial charge is 0.497 e. The number of amides is 2. The number of anilines is 1. The average Bonchev–Trinajstić information content (AvgIpc) is 2.90. The molecule has 0 unspecified atom stereocenters. The molecule has 1 atom stereocenters. The molecule has 1 aliphatic rings. The van der Waals surface area contributed by atoms with Crippen molar-refractivity contribution in [2.24, 2.45) is 0 Å². The molecule has 0 aliphatic carbocycles. The highest BCUT2D eigenvalue weighted by Gasteiger charge is 2.39. The van der Waals surface area contributed by atoms with E-state index >= 15 is 0 Å². The molecule has 2 aromatic rings. The van der Waals surface area contributed by atoms with Crippen LogP contribution in [-0.4, -0.2) is 31.5 Å². The molecule has 1 heterocycles. The summed E-state index contributed by atoms with van der Waals surface area (Å²) in [5.41, 5.74) is 1.76. The van der Waals surface area contributed by atoms with Crippen LogP contribution in [0.1, 0.15) is 12.0 Å². The summed E-state index contributed by atoms with van der Waals surface area (Å²) in [4.78, 5) is 26.0. The summed E-state index contributed by atoms with van der Waals surface area (Å²) in [6, 6.07) is 14.5. The Morgan fingerprint density at radius 1 is 1.12 bits per heavy atom. The van der Waals surface area contributed by atoms with Gasteiger partial charge < -0.3 is 10.1 Å². The number of nitrogens with zero attached hydrogens (tertiary/aromatic N) is 1. The summed E-state index contributed by atoms with van der Waals surface area (Å²) in [6.07, 6.45) is 0.970. The zero-order valence-electron chi connectivity index (χ0n) is 13.9. The van der Waals surface area contributed by atoms with Gasteiger partial charge in [0, 0.05) is 4.47 Å². The number of halogens is 1. The Balaban J connectivity index is 1.57. The van der Waals surface area contributed by atoms with Gasteiger partial charge in [-0.1, -0.05) is 28.1 Å². The van der Waals surface area contributed by atoms with Crippen molar-refractivity contribution >= 4 is 33.4 Å². The van der Waals surface area contributed by atoms with Crippen LogP contribution in [0.3, 0.4) is 0 Å². The molecule has 0 bridgehead atoms. The third-order valence-electron chi connectivity index (χ3n) is 4.19. The van der Waals surface area contributed by atoms with Crippen LogP contribution < -0.4 is 15.0 Å². The number of nitrogens with one attached hydrogen (secondary N) is 1. The smallest absolute Gasteiger partial charge is 0.251 e. The highest BCUT2D eigenvalue weighted by atomic mass is 79.9. The summed E-state index contributed by atoms with van der Waals surface area (Å²) in [7, 11) is 1.64. The van der Waals surface area contributed by atoms with Gasteiger partial charge in [0.2, 0.25) is 5.91 Å². The molecule has 1 N–H and O–H groups in total. The molecule has 1 aliphatic heterocycles. The second-order valence-corrected chi connectivity index (χ2v) is 6.77. The predicted molar refractivity (Wildman–Crippen MR) is 99.7 cm³/mol. The Hall–Kier alpha value is -2.18. The van der Waals surface area contributed by atoms with Gasteiger partial charge in [0.05, 0.1) is 25.3 Å². The Labute approximate surface area is 155 Å². The molecule has 0 radical (unpaired) electrons. The molecule has 130 valence electrons. The lowest BCUT2D eigenvalue weighted by molar-refractivity contribution is -0.121. The van der Waals surface area contributed by atoms with Crippen molar-refractivity contribution in [1.82, 2.24) is 5.32 Å². The summed E-state index contributed by atoms with van der Waals surface area (Å²) in [6.45, 7) is 0.629. The van der Waals surface area contributed by atoms with Gasteiger partial charge in [0.15, 0.2) is 0 Å². The first kappa shape index (κ1) is 17.6. The molecule has 5 nitrogen and oxygen atoms in total. The molecular weight excluding hydrogens is 384 g/mol. The van der Waals surface area contributed by atoms with E-state index in [0.29, 0.717) is 12.2 Å². The second-order valence-electron chi connectivity index (χ2n) is 5.85. The topological polar surface area (TPSA) is 58.6 Å². The van der Waals surface area contributed by atoms with Crippen molar-refractivity contribution in [3.63, 3.8) is 0 Å². The van der Waals surface area contributed by atoms with Gasteiger partial charge in [0.25, 0.3) is 5.91 Å². The van der Waals surface area contributed by atoms with E-state index in [1.807, 2.05) is 36.4 Å². The fourth-order valence-corrected chi connectivity index (χ4v) is 3.10. The maximum Gasteiger partial charge on any atom is 0.251 e. The number of carbonyl (C=O) groups is 2. The predicted octanol–water partition coefficient (Wildman–Crippen LogP) is 2.92. The molecule has 1 saturated heterocycles. The van der Waals surface area contributed by atoms with Crippen molar-refractivity contribution in [1.29, 1.82) is 0 Å². The number of imide groups is 1. The molecule has 1 fully saturated rings. The molecule has 0 aromatic heterocycles. The van der Waals surface area contributed by atoms with E-state index in [1.165, 1.54) is 4.90 Å². The maximum atomic E-state index is 12.5. The molecular formula is C19H19BrN2O3. The Bertz CT molecular complexity index is 759. The molecule has 2 aromatic carbocycles. The van der Waals surface area contributed by atoms with Gasteiger partial charge in [-0.2, -0.15) is 0 Å². The van der Waals surface area contributed by atoms with Crippen LogP contribution in [0, 0.1) is 0 Å². The summed E-state index contributed by atoms with van der Waals surface area (Å²) in [5.74, 6) is 0.453. The fourth-order valence-electron chi connectivity index (χ4n) is 2.84. The maximum absolute atomic E-state index is 12.5. The minimum absolute atomic E-state index is 0.172. The minimum atomic E-state index is -0.464. The molecule has 0 saturated carbocycles. The van der Waals surface area contributed by atoms with E-state index in [-0.39, 0.29) is 18.2 Å². The lowest BCUT2D eigenvalue weighted by Gasteiger charge is -2.15. The first-order valence-corrected chi connectivity index (χ1v) is 8.86. The summed E-state index contributed by atoms with van der Waals surface area (Å²) >= 11 is 3.35. The van der Waals surface area contributed by atoms with Crippen molar-refractivity contribution in [3.05, 3.63) is 58.6 Å². The van der Waals surface area contributed by atoms with E-state index in [2.05, 4.69) is 21.2 Å². The number of rotatable bonds is 6.